The fourth-order valence-corrected chi connectivity index (χ4v) is 1.39. The Hall–Kier alpha value is -2.04. The first-order valence-corrected chi connectivity index (χ1v) is 4.47. The highest BCUT2D eigenvalue weighted by atomic mass is 16.5. The fraction of sp³-hybridized carbons (Fsp3) is 0.200. The molecule has 2 aromatic rings. The van der Waals surface area contributed by atoms with Crippen molar-refractivity contribution in [1.29, 1.82) is 0 Å². The quantitative estimate of drug-likeness (QED) is 0.794. The largest absolute Gasteiger partial charge is 0.480 e. The average Bonchev–Trinajstić information content (AvgIpc) is 2.55. The molecule has 1 aromatic heterocycles. The number of aromatic amines is 1. The number of carbonyl (C=O) groups is 1. The molecule has 0 aliphatic carbocycles. The lowest BCUT2D eigenvalue weighted by Crippen LogP contribution is -2.09. The van der Waals surface area contributed by atoms with E-state index in [4.69, 9.17) is 9.84 Å². The summed E-state index contributed by atoms with van der Waals surface area (Å²) >= 11 is 0. The molecule has 0 saturated carbocycles. The minimum atomic E-state index is -1.00. The summed E-state index contributed by atoms with van der Waals surface area (Å²) in [5, 5.41) is 8.50. The van der Waals surface area contributed by atoms with Gasteiger partial charge in [0.1, 0.15) is 17.1 Å². The van der Waals surface area contributed by atoms with Crippen molar-refractivity contribution < 1.29 is 14.6 Å². The molecular formula is C10H10N2O3. The van der Waals surface area contributed by atoms with Gasteiger partial charge in [0.15, 0.2) is 6.61 Å². The summed E-state index contributed by atoms with van der Waals surface area (Å²) in [7, 11) is 0. The van der Waals surface area contributed by atoms with Gasteiger partial charge >= 0.3 is 5.97 Å². The number of nitrogens with one attached hydrogen (secondary N) is 1. The van der Waals surface area contributed by atoms with Gasteiger partial charge in [-0.2, -0.15) is 0 Å². The van der Waals surface area contributed by atoms with E-state index in [0.717, 1.165) is 11.3 Å². The maximum atomic E-state index is 10.4. The van der Waals surface area contributed by atoms with Gasteiger partial charge in [-0.25, -0.2) is 9.78 Å². The van der Waals surface area contributed by atoms with E-state index in [1.165, 1.54) is 0 Å². The van der Waals surface area contributed by atoms with Gasteiger partial charge in [0, 0.05) is 0 Å². The number of hydrogen-bond acceptors (Lipinski definition) is 3. The molecule has 2 N–H and O–H groups in total. The van der Waals surface area contributed by atoms with Crippen LogP contribution in [0.25, 0.3) is 11.0 Å². The molecule has 0 unspecified atom stereocenters. The molecule has 78 valence electrons. The second kappa shape index (κ2) is 3.61. The third-order valence-corrected chi connectivity index (χ3v) is 1.95. The SMILES string of the molecule is Cc1nc2c(OCC(=O)O)cccc2[nH]1. The number of imidazole rings is 1. The number of aromatic nitrogens is 2. The van der Waals surface area contributed by atoms with Crippen LogP contribution < -0.4 is 4.74 Å². The Labute approximate surface area is 85.7 Å². The van der Waals surface area contributed by atoms with Crippen molar-refractivity contribution in [3.63, 3.8) is 0 Å². The molecule has 0 spiro atoms. The smallest absolute Gasteiger partial charge is 0.341 e. The van der Waals surface area contributed by atoms with Crippen LogP contribution in [0.4, 0.5) is 0 Å². The van der Waals surface area contributed by atoms with Crippen molar-refractivity contribution in [2.45, 2.75) is 6.92 Å². The molecule has 0 bridgehead atoms. The van der Waals surface area contributed by atoms with Gasteiger partial charge in [0.05, 0.1) is 5.52 Å². The number of aryl methyl sites for hydroxylation is 1. The summed E-state index contributed by atoms with van der Waals surface area (Å²) in [4.78, 5) is 17.6. The normalized spacial score (nSPS) is 10.5. The highest BCUT2D eigenvalue weighted by Gasteiger charge is 2.07. The number of carboxylic acid groups (broad SMARTS) is 1. The summed E-state index contributed by atoms with van der Waals surface area (Å²) in [5.41, 5.74) is 1.51. The Kier molecular flexibility index (Phi) is 2.29. The number of nitrogens with zero attached hydrogens (tertiary/aromatic N) is 1. The molecule has 0 amide bonds. The van der Waals surface area contributed by atoms with Crippen LogP contribution >= 0.6 is 0 Å². The Morgan fingerprint density at radius 2 is 2.40 bits per heavy atom. The predicted molar refractivity (Wildman–Crippen MR) is 54.0 cm³/mol. The van der Waals surface area contributed by atoms with E-state index in [1.807, 2.05) is 13.0 Å². The van der Waals surface area contributed by atoms with Crippen molar-refractivity contribution >= 4 is 17.0 Å². The number of ether oxygens (including phenoxy) is 1. The highest BCUT2D eigenvalue weighted by molar-refractivity contribution is 5.82. The number of fused-ring (bicyclic) bond motifs is 1. The van der Waals surface area contributed by atoms with Crippen LogP contribution in [0.15, 0.2) is 18.2 Å². The van der Waals surface area contributed by atoms with Crippen LogP contribution in [0.5, 0.6) is 5.75 Å². The third kappa shape index (κ3) is 1.90. The van der Waals surface area contributed by atoms with Crippen LogP contribution in [0.1, 0.15) is 5.82 Å². The molecule has 5 nitrogen and oxygen atoms in total. The lowest BCUT2D eigenvalue weighted by Gasteiger charge is -2.02. The first-order chi connectivity index (χ1) is 7.16. The number of carboxylic acids is 1. The number of H-pyrrole nitrogens is 1. The second-order valence-electron chi connectivity index (χ2n) is 3.16. The van der Waals surface area contributed by atoms with E-state index in [1.54, 1.807) is 12.1 Å². The first-order valence-electron chi connectivity index (χ1n) is 4.47. The number of hydrogen-bond donors (Lipinski definition) is 2. The Morgan fingerprint density at radius 3 is 3.13 bits per heavy atom. The van der Waals surface area contributed by atoms with Crippen molar-refractivity contribution in [2.24, 2.45) is 0 Å². The predicted octanol–water partition coefficient (Wildman–Crippen LogP) is 1.33. The van der Waals surface area contributed by atoms with Gasteiger partial charge in [0.25, 0.3) is 0 Å². The zero-order valence-corrected chi connectivity index (χ0v) is 8.15. The Bertz CT molecular complexity index is 504. The molecule has 0 aliphatic heterocycles. The molecule has 0 saturated heterocycles. The third-order valence-electron chi connectivity index (χ3n) is 1.95. The number of rotatable bonds is 3. The average molecular weight is 206 g/mol. The van der Waals surface area contributed by atoms with Crippen LogP contribution in [0.2, 0.25) is 0 Å². The van der Waals surface area contributed by atoms with Gasteiger partial charge in [-0.15, -0.1) is 0 Å². The van der Waals surface area contributed by atoms with E-state index in [9.17, 15) is 4.79 Å². The molecule has 1 aromatic carbocycles. The number of aliphatic carboxylic acids is 1. The minimum absolute atomic E-state index is 0.356. The molecule has 5 heteroatoms. The molecule has 1 heterocycles. The van der Waals surface area contributed by atoms with Gasteiger partial charge in [-0.05, 0) is 19.1 Å². The molecule has 0 aliphatic rings. The lowest BCUT2D eigenvalue weighted by molar-refractivity contribution is -0.139. The summed E-state index contributed by atoms with van der Waals surface area (Å²) in [6, 6.07) is 5.35. The second-order valence-corrected chi connectivity index (χ2v) is 3.16. The van der Waals surface area contributed by atoms with Crippen molar-refractivity contribution in [3.05, 3.63) is 24.0 Å². The summed E-state index contributed by atoms with van der Waals surface area (Å²) in [6.07, 6.45) is 0. The van der Waals surface area contributed by atoms with Gasteiger partial charge in [-0.3, -0.25) is 0 Å². The zero-order chi connectivity index (χ0) is 10.8. The van der Waals surface area contributed by atoms with Gasteiger partial charge in [0.2, 0.25) is 0 Å². The Morgan fingerprint density at radius 1 is 1.60 bits per heavy atom. The van der Waals surface area contributed by atoms with Gasteiger partial charge in [-0.1, -0.05) is 6.07 Å². The first kappa shape index (κ1) is 9.51. The molecule has 2 rings (SSSR count). The van der Waals surface area contributed by atoms with E-state index in [2.05, 4.69) is 9.97 Å². The number of para-hydroxylation sites is 1. The molecule has 15 heavy (non-hydrogen) atoms. The van der Waals surface area contributed by atoms with E-state index in [0.29, 0.717) is 11.3 Å². The highest BCUT2D eigenvalue weighted by Crippen LogP contribution is 2.22. The molecule has 0 atom stereocenters. The van der Waals surface area contributed by atoms with Crippen molar-refractivity contribution in [1.82, 2.24) is 9.97 Å². The summed E-state index contributed by atoms with van der Waals surface area (Å²) in [5.74, 6) is 0.259. The van der Waals surface area contributed by atoms with Gasteiger partial charge < -0.3 is 14.8 Å². The van der Waals surface area contributed by atoms with E-state index < -0.39 is 5.97 Å². The monoisotopic (exact) mass is 206 g/mol. The molecule has 0 fully saturated rings. The van der Waals surface area contributed by atoms with Crippen LogP contribution in [-0.2, 0) is 4.79 Å². The van der Waals surface area contributed by atoms with Crippen molar-refractivity contribution in [3.8, 4) is 5.75 Å². The summed E-state index contributed by atoms with van der Waals surface area (Å²) < 4.78 is 5.11. The van der Waals surface area contributed by atoms with Crippen LogP contribution in [0.3, 0.4) is 0 Å². The lowest BCUT2D eigenvalue weighted by atomic mass is 10.3. The van der Waals surface area contributed by atoms with E-state index in [-0.39, 0.29) is 6.61 Å². The topological polar surface area (TPSA) is 75.2 Å². The summed E-state index contributed by atoms with van der Waals surface area (Å²) in [6.45, 7) is 1.48. The zero-order valence-electron chi connectivity index (χ0n) is 8.15. The maximum absolute atomic E-state index is 10.4. The minimum Gasteiger partial charge on any atom is -0.480 e. The molecule has 0 radical (unpaired) electrons. The van der Waals surface area contributed by atoms with E-state index >= 15 is 0 Å². The van der Waals surface area contributed by atoms with Crippen LogP contribution in [-0.4, -0.2) is 27.7 Å². The fourth-order valence-electron chi connectivity index (χ4n) is 1.39. The standard InChI is InChI=1S/C10H10N2O3/c1-6-11-7-3-2-4-8(10(7)12-6)15-5-9(13)14/h2-4H,5H2,1H3,(H,11,12)(H,13,14). The molecular weight excluding hydrogens is 196 g/mol. The van der Waals surface area contributed by atoms with Crippen LogP contribution in [0, 0.1) is 6.92 Å². The maximum Gasteiger partial charge on any atom is 0.341 e. The Balaban J connectivity index is 2.37. The number of benzene rings is 1. The van der Waals surface area contributed by atoms with Crippen molar-refractivity contribution in [2.75, 3.05) is 6.61 Å².